The maximum atomic E-state index is 11.0. The average molecular weight is 755 g/mol. The van der Waals surface area contributed by atoms with Gasteiger partial charge in [-0.15, -0.1) is 11.6 Å². The molecule has 6 unspecified atom stereocenters. The number of carbonyl (C=O) groups excluding carboxylic acids is 5. The van der Waals surface area contributed by atoms with E-state index in [2.05, 4.69) is 28.6 Å². The van der Waals surface area contributed by atoms with Crippen LogP contribution in [0.3, 0.4) is 0 Å². The normalized spacial score (nSPS) is 13.8. The lowest BCUT2D eigenvalue weighted by Gasteiger charge is -2.12. The Labute approximate surface area is 297 Å². The number of ether oxygens (including phenoxy) is 9. The third-order valence-corrected chi connectivity index (χ3v) is 5.25. The quantitative estimate of drug-likeness (QED) is 0.0327. The number of alkyl halides is 1. The molecule has 0 spiro atoms. The van der Waals surface area contributed by atoms with Gasteiger partial charge in [-0.3, -0.25) is 10.1 Å². The van der Waals surface area contributed by atoms with Gasteiger partial charge in [0.1, 0.15) is 39.1 Å². The lowest BCUT2D eigenvalue weighted by Crippen LogP contribution is -2.20. The summed E-state index contributed by atoms with van der Waals surface area (Å²) in [4.78, 5) is 58.1. The first kappa shape index (κ1) is 51.0. The third kappa shape index (κ3) is 42.7. The Morgan fingerprint density at radius 1 is 0.500 bits per heavy atom. The van der Waals surface area contributed by atoms with Crippen molar-refractivity contribution in [2.45, 2.75) is 85.7 Å². The molecular weight excluding hydrogens is 700 g/mol. The minimum Gasteiger partial charge on any atom is -0.465 e. The molecule has 0 radical (unpaired) electrons. The van der Waals surface area contributed by atoms with Gasteiger partial charge in [-0.05, 0) is 40.5 Å². The minimum absolute atomic E-state index is 0.0475. The molecule has 0 amide bonds. The molecule has 4 N–H and O–H groups in total. The van der Waals surface area contributed by atoms with E-state index in [1.807, 2.05) is 6.92 Å². The first-order valence-electron chi connectivity index (χ1n) is 15.6. The van der Waals surface area contributed by atoms with E-state index in [4.69, 9.17) is 51.1 Å². The second-order valence-corrected chi connectivity index (χ2v) is 11.2. The van der Waals surface area contributed by atoms with Crippen molar-refractivity contribution in [1.82, 2.24) is 0 Å². The van der Waals surface area contributed by atoms with Crippen LogP contribution in [0.1, 0.15) is 61.3 Å². The fourth-order valence-corrected chi connectivity index (χ4v) is 2.33. The summed E-state index contributed by atoms with van der Waals surface area (Å²) in [6.07, 6.45) is -5.12. The number of rotatable bonds is 21. The zero-order valence-corrected chi connectivity index (χ0v) is 30.5. The highest BCUT2D eigenvalue weighted by molar-refractivity contribution is 6.18. The predicted molar refractivity (Wildman–Crippen MR) is 172 cm³/mol. The summed E-state index contributed by atoms with van der Waals surface area (Å²) in [7, 11) is 0. The highest BCUT2D eigenvalue weighted by Crippen LogP contribution is 2.01. The van der Waals surface area contributed by atoms with Gasteiger partial charge in [0.15, 0.2) is 0 Å². The SMILES string of the molecule is CC(=O)OCC(C)COC(=O)OCC(C)O.CC(O)COC(=O)OCC(C)CCl.CC(O)COC(=O)OCCCCOC(=O)OCC(C)OO. The summed E-state index contributed by atoms with van der Waals surface area (Å²) in [5, 5.41) is 34.7. The number of halogens is 1. The molecule has 0 fully saturated rings. The first-order valence-corrected chi connectivity index (χ1v) is 16.2. The molecule has 0 aromatic heterocycles. The second-order valence-electron chi connectivity index (χ2n) is 10.9. The molecule has 6 atom stereocenters. The molecule has 0 aromatic rings. The molecule has 20 heteroatoms. The van der Waals surface area contributed by atoms with E-state index in [-0.39, 0.29) is 77.3 Å². The summed E-state index contributed by atoms with van der Waals surface area (Å²) in [6.45, 7) is 11.3. The van der Waals surface area contributed by atoms with Crippen LogP contribution in [0.2, 0.25) is 0 Å². The standard InChI is InChI=1S/C12H22O9.C10H18O6.C8H15ClO4/c1-9(13)7-19-11(14)17-5-3-4-6-18-12(15)20-8-10(2)21-16;1-7(4-14-9(3)12)5-15-10(13)16-6-8(2)11;1-6(3-9)4-12-8(11)13-5-7(2)10/h9-10,13,16H,3-8H2,1-2H3;7-8,11H,4-6H2,1-3H3;6-7,10H,3-5H2,1-2H3. The van der Waals surface area contributed by atoms with E-state index in [1.54, 1.807) is 6.92 Å². The van der Waals surface area contributed by atoms with Crippen molar-refractivity contribution in [2.24, 2.45) is 11.8 Å². The Balaban J connectivity index is -0.000000684. The lowest BCUT2D eigenvalue weighted by atomic mass is 10.2. The number of carbonyl (C=O) groups is 5. The monoisotopic (exact) mass is 754 g/mol. The van der Waals surface area contributed by atoms with Crippen molar-refractivity contribution in [2.75, 3.05) is 65.3 Å². The summed E-state index contributed by atoms with van der Waals surface area (Å²) in [6, 6.07) is 0. The Bertz CT molecular complexity index is 886. The molecule has 50 heavy (non-hydrogen) atoms. The number of unbranched alkanes of at least 4 members (excludes halogenated alkanes) is 1. The van der Waals surface area contributed by atoms with Crippen LogP contribution >= 0.6 is 11.6 Å². The second kappa shape index (κ2) is 34.1. The van der Waals surface area contributed by atoms with E-state index in [9.17, 15) is 24.0 Å². The number of esters is 1. The highest BCUT2D eigenvalue weighted by atomic mass is 35.5. The predicted octanol–water partition coefficient (Wildman–Crippen LogP) is 3.45. The van der Waals surface area contributed by atoms with Crippen molar-refractivity contribution >= 4 is 42.2 Å². The summed E-state index contributed by atoms with van der Waals surface area (Å²) < 4.78 is 41.8. The zero-order chi connectivity index (χ0) is 38.9. The smallest absolute Gasteiger partial charge is 0.465 e. The fraction of sp³-hybridized carbons (Fsp3) is 0.833. The highest BCUT2D eigenvalue weighted by Gasteiger charge is 2.12. The van der Waals surface area contributed by atoms with Crippen LogP contribution in [0.15, 0.2) is 0 Å². The molecule has 19 nitrogen and oxygen atoms in total. The summed E-state index contributed by atoms with van der Waals surface area (Å²) >= 11 is 5.49. The number of hydrogen-bond acceptors (Lipinski definition) is 19. The summed E-state index contributed by atoms with van der Waals surface area (Å²) in [5.74, 6) is 0.0799. The topological polar surface area (TPSA) is 259 Å². The Hall–Kier alpha value is -3.36. The van der Waals surface area contributed by atoms with Gasteiger partial charge in [0.25, 0.3) is 0 Å². The Morgan fingerprint density at radius 2 is 0.820 bits per heavy atom. The molecule has 0 saturated carbocycles. The van der Waals surface area contributed by atoms with Crippen LogP contribution in [-0.4, -0.2) is 141 Å². The van der Waals surface area contributed by atoms with Gasteiger partial charge in [0.2, 0.25) is 0 Å². The molecule has 0 aliphatic heterocycles. The Kier molecular flexibility index (Phi) is 34.8. The van der Waals surface area contributed by atoms with Gasteiger partial charge in [-0.2, -0.15) is 0 Å². The van der Waals surface area contributed by atoms with E-state index >= 15 is 0 Å². The third-order valence-electron chi connectivity index (χ3n) is 4.73. The molecule has 0 aliphatic rings. The van der Waals surface area contributed by atoms with Gasteiger partial charge >= 0.3 is 30.6 Å². The van der Waals surface area contributed by atoms with Gasteiger partial charge in [-0.25, -0.2) is 24.1 Å². The van der Waals surface area contributed by atoms with Crippen LogP contribution in [0.5, 0.6) is 0 Å². The van der Waals surface area contributed by atoms with E-state index in [1.165, 1.54) is 34.6 Å². The Morgan fingerprint density at radius 3 is 1.16 bits per heavy atom. The molecule has 0 rings (SSSR count). The first-order chi connectivity index (χ1) is 23.4. The molecule has 0 aliphatic carbocycles. The van der Waals surface area contributed by atoms with Crippen LogP contribution in [0.25, 0.3) is 0 Å². The average Bonchev–Trinajstić information content (AvgIpc) is 3.06. The van der Waals surface area contributed by atoms with Crippen LogP contribution in [-0.2, 0) is 52.3 Å². The van der Waals surface area contributed by atoms with Gasteiger partial charge in [0, 0.05) is 24.6 Å². The van der Waals surface area contributed by atoms with Crippen molar-refractivity contribution < 1.29 is 92.1 Å². The van der Waals surface area contributed by atoms with Crippen LogP contribution in [0, 0.1) is 11.8 Å². The number of hydrogen-bond donors (Lipinski definition) is 4. The molecular formula is C30H55ClO19. The van der Waals surface area contributed by atoms with Gasteiger partial charge in [0.05, 0.1) is 44.7 Å². The summed E-state index contributed by atoms with van der Waals surface area (Å²) in [5.41, 5.74) is 0. The minimum atomic E-state index is -0.865. The maximum absolute atomic E-state index is 11.0. The molecule has 296 valence electrons. The fourth-order valence-electron chi connectivity index (χ4n) is 2.24. The van der Waals surface area contributed by atoms with Gasteiger partial charge in [-0.1, -0.05) is 13.8 Å². The number of aliphatic hydroxyl groups is 3. The lowest BCUT2D eigenvalue weighted by molar-refractivity contribution is -0.280. The molecule has 0 aromatic carbocycles. The molecule has 0 heterocycles. The zero-order valence-electron chi connectivity index (χ0n) is 29.7. The van der Waals surface area contributed by atoms with Crippen molar-refractivity contribution in [3.05, 3.63) is 0 Å². The molecule has 0 saturated heterocycles. The van der Waals surface area contributed by atoms with Crippen LogP contribution < -0.4 is 0 Å². The van der Waals surface area contributed by atoms with E-state index in [0.717, 1.165) is 0 Å². The number of aliphatic hydroxyl groups excluding tert-OH is 3. The van der Waals surface area contributed by atoms with E-state index in [0.29, 0.717) is 18.7 Å². The maximum Gasteiger partial charge on any atom is 0.508 e. The van der Waals surface area contributed by atoms with Gasteiger partial charge < -0.3 is 58.0 Å². The molecule has 0 bridgehead atoms. The van der Waals surface area contributed by atoms with Crippen molar-refractivity contribution in [3.8, 4) is 0 Å². The largest absolute Gasteiger partial charge is 0.508 e. The van der Waals surface area contributed by atoms with Crippen LogP contribution in [0.4, 0.5) is 19.2 Å². The van der Waals surface area contributed by atoms with Crippen molar-refractivity contribution in [1.29, 1.82) is 0 Å². The van der Waals surface area contributed by atoms with E-state index < -0.39 is 49.0 Å². The van der Waals surface area contributed by atoms with Crippen molar-refractivity contribution in [3.63, 3.8) is 0 Å².